The summed E-state index contributed by atoms with van der Waals surface area (Å²) in [6, 6.07) is 6.21. The first-order chi connectivity index (χ1) is 9.99. The van der Waals surface area contributed by atoms with Gasteiger partial charge in [0.1, 0.15) is 5.82 Å². The Balaban J connectivity index is 1.98. The summed E-state index contributed by atoms with van der Waals surface area (Å²) in [5.74, 6) is -0.325. The lowest BCUT2D eigenvalue weighted by Crippen LogP contribution is -2.40. The predicted octanol–water partition coefficient (Wildman–Crippen LogP) is 3.66. The lowest BCUT2D eigenvalue weighted by Gasteiger charge is -2.43. The molecule has 3 heteroatoms. The number of carbonyl (C=O) groups is 1. The highest BCUT2D eigenvalue weighted by Crippen LogP contribution is 2.48. The standard InChI is InChI=1S/C18H19FO2/c1-18-11-13(8-12-4-2-6-15(19)9-12)16(20)10-14(18)5-3-7-17(18)21/h2,4,6,8-10,17,21H,3,5,7,11H2,1H3/t17-,18-/m0/s1. The van der Waals surface area contributed by atoms with Gasteiger partial charge in [0.25, 0.3) is 0 Å². The number of halogens is 1. The third-order valence-electron chi connectivity index (χ3n) is 4.76. The van der Waals surface area contributed by atoms with Crippen molar-refractivity contribution < 1.29 is 14.3 Å². The summed E-state index contributed by atoms with van der Waals surface area (Å²) in [5.41, 5.74) is 2.03. The van der Waals surface area contributed by atoms with Crippen molar-refractivity contribution >= 4 is 11.9 Å². The summed E-state index contributed by atoms with van der Waals surface area (Å²) in [6.45, 7) is 2.02. The number of aliphatic hydroxyl groups is 1. The molecule has 0 bridgehead atoms. The SMILES string of the molecule is C[C@]12CC(=Cc3cccc(F)c3)C(=O)C=C1CCC[C@@H]2O. The molecule has 3 rings (SSSR count). The monoisotopic (exact) mass is 286 g/mol. The summed E-state index contributed by atoms with van der Waals surface area (Å²) in [5, 5.41) is 10.3. The van der Waals surface area contributed by atoms with Crippen LogP contribution in [0.25, 0.3) is 6.08 Å². The second-order valence-corrected chi connectivity index (χ2v) is 6.26. The fourth-order valence-electron chi connectivity index (χ4n) is 3.43. The molecule has 1 aromatic carbocycles. The Morgan fingerprint density at radius 3 is 3.00 bits per heavy atom. The Bertz CT molecular complexity index is 644. The Morgan fingerprint density at radius 2 is 2.24 bits per heavy atom. The Kier molecular flexibility index (Phi) is 3.54. The molecule has 1 fully saturated rings. The molecule has 1 aromatic rings. The van der Waals surface area contributed by atoms with Crippen LogP contribution in [0.1, 0.15) is 38.2 Å². The van der Waals surface area contributed by atoms with Crippen LogP contribution in [0.5, 0.6) is 0 Å². The van der Waals surface area contributed by atoms with Crippen LogP contribution in [-0.2, 0) is 4.79 Å². The van der Waals surface area contributed by atoms with Gasteiger partial charge in [-0.05, 0) is 55.5 Å². The normalized spacial score (nSPS) is 31.0. The molecule has 1 saturated carbocycles. The van der Waals surface area contributed by atoms with Gasteiger partial charge in [0.2, 0.25) is 0 Å². The topological polar surface area (TPSA) is 37.3 Å². The largest absolute Gasteiger partial charge is 0.392 e. The van der Waals surface area contributed by atoms with E-state index in [-0.39, 0.29) is 17.0 Å². The van der Waals surface area contributed by atoms with Gasteiger partial charge in [0.05, 0.1) is 6.10 Å². The molecule has 2 atom stereocenters. The maximum atomic E-state index is 13.3. The quantitative estimate of drug-likeness (QED) is 0.800. The molecule has 0 unspecified atom stereocenters. The molecule has 0 heterocycles. The van der Waals surface area contributed by atoms with E-state index in [1.807, 2.05) is 6.92 Å². The number of rotatable bonds is 1. The second kappa shape index (κ2) is 5.23. The average molecular weight is 286 g/mol. The number of ketones is 1. The van der Waals surface area contributed by atoms with Crippen molar-refractivity contribution in [3.63, 3.8) is 0 Å². The van der Waals surface area contributed by atoms with Crippen molar-refractivity contribution in [2.45, 2.75) is 38.7 Å². The van der Waals surface area contributed by atoms with Crippen LogP contribution in [0.15, 0.2) is 41.5 Å². The first-order valence-corrected chi connectivity index (χ1v) is 7.38. The summed E-state index contributed by atoms with van der Waals surface area (Å²) < 4.78 is 13.3. The van der Waals surface area contributed by atoms with Crippen molar-refractivity contribution in [2.75, 3.05) is 0 Å². The molecule has 110 valence electrons. The minimum Gasteiger partial charge on any atom is -0.392 e. The van der Waals surface area contributed by atoms with E-state index in [0.29, 0.717) is 17.6 Å². The number of hydrogen-bond acceptors (Lipinski definition) is 2. The molecule has 0 amide bonds. The first-order valence-electron chi connectivity index (χ1n) is 7.38. The molecular weight excluding hydrogens is 267 g/mol. The van der Waals surface area contributed by atoms with Crippen LogP contribution in [0.4, 0.5) is 4.39 Å². The van der Waals surface area contributed by atoms with E-state index in [4.69, 9.17) is 0 Å². The van der Waals surface area contributed by atoms with Gasteiger partial charge in [0, 0.05) is 11.0 Å². The Morgan fingerprint density at radius 1 is 1.43 bits per heavy atom. The van der Waals surface area contributed by atoms with E-state index >= 15 is 0 Å². The van der Waals surface area contributed by atoms with E-state index in [1.54, 1.807) is 24.3 Å². The van der Waals surface area contributed by atoms with Crippen LogP contribution in [-0.4, -0.2) is 17.0 Å². The van der Waals surface area contributed by atoms with E-state index in [2.05, 4.69) is 0 Å². The van der Waals surface area contributed by atoms with Gasteiger partial charge < -0.3 is 5.11 Å². The summed E-state index contributed by atoms with van der Waals surface area (Å²) >= 11 is 0. The molecule has 0 radical (unpaired) electrons. The average Bonchev–Trinajstić information content (AvgIpc) is 2.43. The molecule has 1 N–H and O–H groups in total. The lowest BCUT2D eigenvalue weighted by molar-refractivity contribution is -0.112. The van der Waals surface area contributed by atoms with Crippen LogP contribution < -0.4 is 0 Å². The predicted molar refractivity (Wildman–Crippen MR) is 80.0 cm³/mol. The second-order valence-electron chi connectivity index (χ2n) is 6.26. The molecule has 0 saturated heterocycles. The number of fused-ring (bicyclic) bond motifs is 1. The summed E-state index contributed by atoms with van der Waals surface area (Å²) in [7, 11) is 0. The minimum atomic E-state index is -0.415. The first kappa shape index (κ1) is 14.2. The summed E-state index contributed by atoms with van der Waals surface area (Å²) in [6.07, 6.45) is 6.11. The lowest BCUT2D eigenvalue weighted by atomic mass is 9.63. The van der Waals surface area contributed by atoms with Crippen molar-refractivity contribution in [2.24, 2.45) is 5.41 Å². The highest BCUT2D eigenvalue weighted by atomic mass is 19.1. The summed E-state index contributed by atoms with van der Waals surface area (Å²) in [4.78, 5) is 12.3. The molecular formula is C18H19FO2. The van der Waals surface area contributed by atoms with Gasteiger partial charge in [-0.3, -0.25) is 4.79 Å². The Hall–Kier alpha value is -1.74. The van der Waals surface area contributed by atoms with Gasteiger partial charge in [-0.1, -0.05) is 24.6 Å². The van der Waals surface area contributed by atoms with Gasteiger partial charge in [-0.2, -0.15) is 0 Å². The maximum Gasteiger partial charge on any atom is 0.181 e. The zero-order valence-electron chi connectivity index (χ0n) is 12.1. The molecule has 2 aliphatic rings. The molecule has 21 heavy (non-hydrogen) atoms. The highest BCUT2D eigenvalue weighted by Gasteiger charge is 2.43. The van der Waals surface area contributed by atoms with E-state index in [1.165, 1.54) is 12.1 Å². The van der Waals surface area contributed by atoms with E-state index in [9.17, 15) is 14.3 Å². The fraction of sp³-hybridized carbons (Fsp3) is 0.389. The van der Waals surface area contributed by atoms with E-state index in [0.717, 1.165) is 24.8 Å². The fourth-order valence-corrected chi connectivity index (χ4v) is 3.43. The smallest absolute Gasteiger partial charge is 0.181 e. The molecule has 0 aromatic heterocycles. The minimum absolute atomic E-state index is 0.0131. The number of carbonyl (C=O) groups excluding carboxylic acids is 1. The maximum absolute atomic E-state index is 13.3. The number of allylic oxidation sites excluding steroid dienone is 2. The van der Waals surface area contributed by atoms with Crippen LogP contribution >= 0.6 is 0 Å². The van der Waals surface area contributed by atoms with Crippen LogP contribution in [0, 0.1) is 11.2 Å². The van der Waals surface area contributed by atoms with Crippen molar-refractivity contribution in [1.82, 2.24) is 0 Å². The zero-order valence-corrected chi connectivity index (χ0v) is 12.1. The number of benzene rings is 1. The Labute approximate surface area is 124 Å². The number of aliphatic hydroxyl groups excluding tert-OH is 1. The van der Waals surface area contributed by atoms with E-state index < -0.39 is 6.10 Å². The van der Waals surface area contributed by atoms with Gasteiger partial charge in [-0.15, -0.1) is 0 Å². The molecule has 2 nitrogen and oxygen atoms in total. The van der Waals surface area contributed by atoms with Crippen LogP contribution in [0.3, 0.4) is 0 Å². The van der Waals surface area contributed by atoms with Crippen molar-refractivity contribution in [1.29, 1.82) is 0 Å². The number of hydrogen-bond donors (Lipinski definition) is 1. The highest BCUT2D eigenvalue weighted by molar-refractivity contribution is 6.08. The molecule has 0 aliphatic heterocycles. The molecule has 0 spiro atoms. The van der Waals surface area contributed by atoms with Crippen LogP contribution in [0.2, 0.25) is 0 Å². The zero-order chi connectivity index (χ0) is 15.0. The third kappa shape index (κ3) is 2.58. The molecule has 2 aliphatic carbocycles. The van der Waals surface area contributed by atoms with Crippen molar-refractivity contribution in [3.8, 4) is 0 Å². The van der Waals surface area contributed by atoms with Gasteiger partial charge in [-0.25, -0.2) is 4.39 Å². The van der Waals surface area contributed by atoms with Gasteiger partial charge in [0.15, 0.2) is 5.78 Å². The van der Waals surface area contributed by atoms with Gasteiger partial charge >= 0.3 is 0 Å². The van der Waals surface area contributed by atoms with Crippen molar-refractivity contribution in [3.05, 3.63) is 52.9 Å². The third-order valence-corrected chi connectivity index (χ3v) is 4.76.